The molecule has 0 heterocycles. The van der Waals surface area contributed by atoms with Crippen LogP contribution in [-0.4, -0.2) is 5.11 Å². The molecular weight excluding hydrogens is 408 g/mol. The van der Waals surface area contributed by atoms with Gasteiger partial charge in [0.15, 0.2) is 0 Å². The number of hydrogen-bond donors (Lipinski definition) is 1. The zero-order valence-electron chi connectivity index (χ0n) is 15.2. The monoisotopic (exact) mass is 426 g/mol. The quantitative estimate of drug-likeness (QED) is 0.343. The fraction of sp³-hybridized carbons (Fsp3) is 0. The van der Waals surface area contributed by atoms with Gasteiger partial charge in [-0.1, -0.05) is 101 Å². The molecule has 0 saturated carbocycles. The molecule has 1 nitrogen and oxygen atoms in total. The topological polar surface area (TPSA) is 20.2 Å². The van der Waals surface area contributed by atoms with E-state index < -0.39 is 0 Å². The fourth-order valence-corrected chi connectivity index (χ4v) is 3.63. The summed E-state index contributed by atoms with van der Waals surface area (Å²) in [6, 6.07) is 36.7. The lowest BCUT2D eigenvalue weighted by atomic mass is 9.86. The second-order valence-electron chi connectivity index (χ2n) is 6.54. The zero-order chi connectivity index (χ0) is 19.3. The lowest BCUT2D eigenvalue weighted by Gasteiger charge is -2.18. The van der Waals surface area contributed by atoms with Crippen molar-refractivity contribution >= 4 is 27.1 Å². The lowest BCUT2D eigenvalue weighted by Crippen LogP contribution is -1.97. The Labute approximate surface area is 173 Å². The maximum Gasteiger partial charge on any atom is 0.115 e. The highest BCUT2D eigenvalue weighted by Gasteiger charge is 2.16. The Hall–Kier alpha value is -3.10. The van der Waals surface area contributed by atoms with Gasteiger partial charge in [-0.15, -0.1) is 0 Å². The third kappa shape index (κ3) is 3.92. The Balaban J connectivity index is 2.08. The molecule has 2 heteroatoms. The van der Waals surface area contributed by atoms with Gasteiger partial charge in [0, 0.05) is 4.47 Å². The molecule has 1 N–H and O–H groups in total. The van der Waals surface area contributed by atoms with Crippen LogP contribution in [0.3, 0.4) is 0 Å². The summed E-state index contributed by atoms with van der Waals surface area (Å²) >= 11 is 3.54. The lowest BCUT2D eigenvalue weighted by molar-refractivity contribution is 0.475. The maximum atomic E-state index is 9.79. The van der Waals surface area contributed by atoms with E-state index in [1.165, 1.54) is 0 Å². The SMILES string of the molecule is Oc1ccc(/C(=C(\c2ccccc2)c2ccc(Br)cc2)c2ccccc2)cc1. The van der Waals surface area contributed by atoms with Crippen molar-refractivity contribution in [2.24, 2.45) is 0 Å². The highest BCUT2D eigenvalue weighted by atomic mass is 79.9. The Bertz CT molecular complexity index is 990. The van der Waals surface area contributed by atoms with Gasteiger partial charge in [0.25, 0.3) is 0 Å². The molecule has 4 aromatic carbocycles. The van der Waals surface area contributed by atoms with Crippen molar-refractivity contribution < 1.29 is 5.11 Å². The summed E-state index contributed by atoms with van der Waals surface area (Å²) in [6.07, 6.45) is 0. The van der Waals surface area contributed by atoms with Crippen molar-refractivity contribution in [3.05, 3.63) is 136 Å². The van der Waals surface area contributed by atoms with Crippen LogP contribution in [-0.2, 0) is 0 Å². The van der Waals surface area contributed by atoms with E-state index in [2.05, 4.69) is 88.7 Å². The molecule has 0 atom stereocenters. The number of rotatable bonds is 4. The first kappa shape index (κ1) is 18.3. The van der Waals surface area contributed by atoms with Crippen LogP contribution in [0.2, 0.25) is 0 Å². The van der Waals surface area contributed by atoms with Crippen molar-refractivity contribution in [3.63, 3.8) is 0 Å². The standard InChI is InChI=1S/C26H19BrO/c27-23-15-11-21(12-16-23)25(19-7-3-1-4-8-19)26(20-9-5-2-6-10-20)22-13-17-24(28)18-14-22/h1-18,28H/b26-25+. The summed E-state index contributed by atoms with van der Waals surface area (Å²) in [4.78, 5) is 0. The average Bonchev–Trinajstić information content (AvgIpc) is 2.75. The Morgan fingerprint density at radius 1 is 0.464 bits per heavy atom. The normalized spacial score (nSPS) is 11.8. The minimum atomic E-state index is 0.265. The number of phenolic OH excluding ortho intramolecular Hbond substituents is 1. The summed E-state index contributed by atoms with van der Waals surface area (Å²) in [5.74, 6) is 0.265. The van der Waals surface area contributed by atoms with Gasteiger partial charge in [0.05, 0.1) is 0 Å². The van der Waals surface area contributed by atoms with E-state index in [1.807, 2.05) is 24.3 Å². The summed E-state index contributed by atoms with van der Waals surface area (Å²) in [6.45, 7) is 0. The first-order valence-electron chi connectivity index (χ1n) is 9.13. The van der Waals surface area contributed by atoms with Gasteiger partial charge in [-0.25, -0.2) is 0 Å². The molecule has 0 aliphatic heterocycles. The molecule has 0 radical (unpaired) electrons. The molecule has 0 spiro atoms. The van der Waals surface area contributed by atoms with Gasteiger partial charge in [0.1, 0.15) is 5.75 Å². The van der Waals surface area contributed by atoms with Crippen molar-refractivity contribution in [1.82, 2.24) is 0 Å². The smallest absolute Gasteiger partial charge is 0.115 e. The maximum absolute atomic E-state index is 9.79. The molecule has 0 bridgehead atoms. The molecule has 28 heavy (non-hydrogen) atoms. The Morgan fingerprint density at radius 3 is 1.25 bits per heavy atom. The number of halogens is 1. The van der Waals surface area contributed by atoms with Gasteiger partial charge in [-0.3, -0.25) is 0 Å². The van der Waals surface area contributed by atoms with Crippen molar-refractivity contribution in [2.75, 3.05) is 0 Å². The zero-order valence-corrected chi connectivity index (χ0v) is 16.8. The third-order valence-electron chi connectivity index (χ3n) is 4.66. The van der Waals surface area contributed by atoms with E-state index in [9.17, 15) is 5.11 Å². The third-order valence-corrected chi connectivity index (χ3v) is 5.19. The molecule has 0 fully saturated rings. The largest absolute Gasteiger partial charge is 0.508 e. The Kier molecular flexibility index (Phi) is 5.41. The van der Waals surface area contributed by atoms with Gasteiger partial charge in [-0.05, 0) is 57.7 Å². The second-order valence-corrected chi connectivity index (χ2v) is 7.45. The summed E-state index contributed by atoms with van der Waals surface area (Å²) < 4.78 is 1.05. The van der Waals surface area contributed by atoms with Crippen LogP contribution in [0.15, 0.2) is 114 Å². The van der Waals surface area contributed by atoms with E-state index in [1.54, 1.807) is 12.1 Å². The molecule has 0 aromatic heterocycles. The number of phenols is 1. The van der Waals surface area contributed by atoms with Crippen LogP contribution >= 0.6 is 15.9 Å². The van der Waals surface area contributed by atoms with E-state index in [0.29, 0.717) is 0 Å². The summed E-state index contributed by atoms with van der Waals surface area (Å²) in [7, 11) is 0. The van der Waals surface area contributed by atoms with E-state index in [0.717, 1.165) is 37.9 Å². The Morgan fingerprint density at radius 2 is 0.821 bits per heavy atom. The van der Waals surface area contributed by atoms with E-state index >= 15 is 0 Å². The molecule has 4 aromatic rings. The molecule has 0 amide bonds. The van der Waals surface area contributed by atoms with E-state index in [4.69, 9.17) is 0 Å². The number of aromatic hydroxyl groups is 1. The van der Waals surface area contributed by atoms with Gasteiger partial charge >= 0.3 is 0 Å². The molecule has 136 valence electrons. The predicted octanol–water partition coefficient (Wildman–Crippen LogP) is 7.16. The molecule has 0 aliphatic carbocycles. The van der Waals surface area contributed by atoms with Gasteiger partial charge in [0.2, 0.25) is 0 Å². The van der Waals surface area contributed by atoms with Gasteiger partial charge < -0.3 is 5.11 Å². The molecule has 0 saturated heterocycles. The first-order valence-corrected chi connectivity index (χ1v) is 9.92. The molecular formula is C26H19BrO. The van der Waals surface area contributed by atoms with Crippen LogP contribution in [0, 0.1) is 0 Å². The molecule has 0 aliphatic rings. The number of benzene rings is 4. The molecule has 0 unspecified atom stereocenters. The minimum Gasteiger partial charge on any atom is -0.508 e. The minimum absolute atomic E-state index is 0.265. The van der Waals surface area contributed by atoms with Gasteiger partial charge in [-0.2, -0.15) is 0 Å². The van der Waals surface area contributed by atoms with Crippen LogP contribution in [0.5, 0.6) is 5.75 Å². The highest BCUT2D eigenvalue weighted by molar-refractivity contribution is 9.10. The van der Waals surface area contributed by atoms with Crippen LogP contribution in [0.1, 0.15) is 22.3 Å². The number of hydrogen-bond acceptors (Lipinski definition) is 1. The summed E-state index contributed by atoms with van der Waals surface area (Å²) in [5, 5.41) is 9.79. The van der Waals surface area contributed by atoms with E-state index in [-0.39, 0.29) is 5.75 Å². The summed E-state index contributed by atoms with van der Waals surface area (Å²) in [5.41, 5.74) is 6.78. The molecule has 4 rings (SSSR count). The van der Waals surface area contributed by atoms with Crippen molar-refractivity contribution in [1.29, 1.82) is 0 Å². The van der Waals surface area contributed by atoms with Crippen LogP contribution in [0.25, 0.3) is 11.1 Å². The fourth-order valence-electron chi connectivity index (χ4n) is 3.36. The average molecular weight is 427 g/mol. The highest BCUT2D eigenvalue weighted by Crippen LogP contribution is 2.37. The van der Waals surface area contributed by atoms with Crippen molar-refractivity contribution in [2.45, 2.75) is 0 Å². The second kappa shape index (κ2) is 8.28. The predicted molar refractivity (Wildman–Crippen MR) is 120 cm³/mol. The van der Waals surface area contributed by atoms with Crippen LogP contribution in [0.4, 0.5) is 0 Å². The van der Waals surface area contributed by atoms with Crippen LogP contribution < -0.4 is 0 Å². The van der Waals surface area contributed by atoms with Crippen molar-refractivity contribution in [3.8, 4) is 5.75 Å². The first-order chi connectivity index (χ1) is 13.7.